The van der Waals surface area contributed by atoms with Crippen LogP contribution >= 0.6 is 0 Å². The lowest BCUT2D eigenvalue weighted by Gasteiger charge is -2.26. The third kappa shape index (κ3) is 7.68. The number of ether oxygens (including phenoxy) is 1. The molecule has 6 nitrogen and oxygen atoms in total. The summed E-state index contributed by atoms with van der Waals surface area (Å²) >= 11 is 0. The minimum atomic E-state index is -0.322. The number of amides is 1. The molecule has 1 saturated heterocycles. The Kier molecular flexibility index (Phi) is 9.26. The second-order valence-corrected chi connectivity index (χ2v) is 6.28. The second kappa shape index (κ2) is 12.1. The molecule has 1 heterocycles. The summed E-state index contributed by atoms with van der Waals surface area (Å²) in [6, 6.07) is 12.3. The number of aryl methyl sites for hydroxylation is 1. The summed E-state index contributed by atoms with van der Waals surface area (Å²) in [4.78, 5) is 14.3. The molecule has 1 amide bonds. The van der Waals surface area contributed by atoms with E-state index in [1.54, 1.807) is 0 Å². The number of rotatable bonds is 10. The first-order valence-corrected chi connectivity index (χ1v) is 9.25. The van der Waals surface area contributed by atoms with Crippen LogP contribution in [-0.4, -0.2) is 56.7 Å². The molecule has 6 heteroatoms. The van der Waals surface area contributed by atoms with Crippen molar-refractivity contribution in [2.24, 2.45) is 0 Å². The number of carbonyl (C=O) groups is 1. The molecule has 2 N–H and O–H groups in total. The Balaban J connectivity index is 1.58. The maximum absolute atomic E-state index is 12.0. The lowest BCUT2D eigenvalue weighted by atomic mass is 10.1. The Morgan fingerprint density at radius 1 is 1.19 bits per heavy atom. The van der Waals surface area contributed by atoms with Crippen molar-refractivity contribution in [1.29, 1.82) is 5.26 Å². The molecule has 0 unspecified atom stereocenters. The van der Waals surface area contributed by atoms with Crippen LogP contribution in [0.2, 0.25) is 0 Å². The number of unbranched alkanes of at least 4 members (excludes halogenated alkanes) is 1. The first kappa shape index (κ1) is 20.0. The van der Waals surface area contributed by atoms with Gasteiger partial charge >= 0.3 is 0 Å². The SMILES string of the molecule is N#C/C(=C/NCCCCc1ccccc1)C(=O)NCCN1CCOCC1. The van der Waals surface area contributed by atoms with Gasteiger partial charge in [0.05, 0.1) is 13.2 Å². The van der Waals surface area contributed by atoms with Crippen LogP contribution in [-0.2, 0) is 16.0 Å². The maximum atomic E-state index is 12.0. The number of nitrogens with zero attached hydrogens (tertiary/aromatic N) is 2. The molecule has 1 aliphatic heterocycles. The van der Waals surface area contributed by atoms with Crippen molar-refractivity contribution in [3.63, 3.8) is 0 Å². The highest BCUT2D eigenvalue weighted by atomic mass is 16.5. The third-order valence-electron chi connectivity index (χ3n) is 4.31. The molecule has 0 radical (unpaired) electrons. The Hall–Kier alpha value is -2.36. The molecule has 1 fully saturated rings. The van der Waals surface area contributed by atoms with E-state index in [9.17, 15) is 4.79 Å². The molecule has 2 rings (SSSR count). The number of morpholine rings is 1. The van der Waals surface area contributed by atoms with Crippen LogP contribution in [0.5, 0.6) is 0 Å². The lowest BCUT2D eigenvalue weighted by Crippen LogP contribution is -2.41. The average Bonchev–Trinajstić information content (AvgIpc) is 2.69. The summed E-state index contributed by atoms with van der Waals surface area (Å²) in [6.45, 7) is 5.33. The van der Waals surface area contributed by atoms with Crippen molar-refractivity contribution < 1.29 is 9.53 Å². The first-order valence-electron chi connectivity index (χ1n) is 9.25. The summed E-state index contributed by atoms with van der Waals surface area (Å²) in [6.07, 6.45) is 4.62. The summed E-state index contributed by atoms with van der Waals surface area (Å²) < 4.78 is 5.29. The third-order valence-corrected chi connectivity index (χ3v) is 4.31. The Morgan fingerprint density at radius 2 is 1.96 bits per heavy atom. The van der Waals surface area contributed by atoms with Crippen LogP contribution in [0.15, 0.2) is 42.1 Å². The molecule has 0 aliphatic carbocycles. The molecule has 0 aromatic heterocycles. The van der Waals surface area contributed by atoms with Crippen molar-refractivity contribution in [2.75, 3.05) is 45.9 Å². The molecule has 26 heavy (non-hydrogen) atoms. The van der Waals surface area contributed by atoms with Crippen molar-refractivity contribution in [3.05, 3.63) is 47.7 Å². The zero-order chi connectivity index (χ0) is 18.5. The summed E-state index contributed by atoms with van der Waals surface area (Å²) in [7, 11) is 0. The molecular weight excluding hydrogens is 328 g/mol. The fraction of sp³-hybridized carbons (Fsp3) is 0.500. The molecular formula is C20H28N4O2. The fourth-order valence-corrected chi connectivity index (χ4v) is 2.77. The van der Waals surface area contributed by atoms with Crippen LogP contribution < -0.4 is 10.6 Å². The molecule has 140 valence electrons. The van der Waals surface area contributed by atoms with Crippen LogP contribution in [0.4, 0.5) is 0 Å². The Morgan fingerprint density at radius 3 is 2.69 bits per heavy atom. The molecule has 0 atom stereocenters. The highest BCUT2D eigenvalue weighted by Crippen LogP contribution is 2.04. The van der Waals surface area contributed by atoms with Gasteiger partial charge < -0.3 is 15.4 Å². The van der Waals surface area contributed by atoms with Gasteiger partial charge in [-0.25, -0.2) is 0 Å². The van der Waals surface area contributed by atoms with E-state index in [1.165, 1.54) is 11.8 Å². The minimum absolute atomic E-state index is 0.120. The van der Waals surface area contributed by atoms with Crippen molar-refractivity contribution >= 4 is 5.91 Å². The lowest BCUT2D eigenvalue weighted by molar-refractivity contribution is -0.117. The number of hydrogen-bond donors (Lipinski definition) is 2. The zero-order valence-electron chi connectivity index (χ0n) is 15.2. The van der Waals surface area contributed by atoms with Gasteiger partial charge in [0, 0.05) is 38.9 Å². The molecule has 0 saturated carbocycles. The van der Waals surface area contributed by atoms with E-state index in [4.69, 9.17) is 10.00 Å². The average molecular weight is 356 g/mol. The van der Waals surface area contributed by atoms with E-state index in [-0.39, 0.29) is 11.5 Å². The highest BCUT2D eigenvalue weighted by molar-refractivity contribution is 5.97. The Bertz CT molecular complexity index is 604. The fourth-order valence-electron chi connectivity index (χ4n) is 2.77. The molecule has 0 spiro atoms. The van der Waals surface area contributed by atoms with Gasteiger partial charge in [0.25, 0.3) is 5.91 Å². The predicted molar refractivity (Wildman–Crippen MR) is 101 cm³/mol. The molecule has 1 aromatic carbocycles. The normalized spacial score (nSPS) is 15.3. The number of hydrogen-bond acceptors (Lipinski definition) is 5. The predicted octanol–water partition coefficient (Wildman–Crippen LogP) is 1.45. The van der Waals surface area contributed by atoms with Gasteiger partial charge in [0.2, 0.25) is 0 Å². The van der Waals surface area contributed by atoms with E-state index in [0.717, 1.165) is 58.7 Å². The van der Waals surface area contributed by atoms with Crippen molar-refractivity contribution in [1.82, 2.24) is 15.5 Å². The van der Waals surface area contributed by atoms with Crippen LogP contribution in [0.25, 0.3) is 0 Å². The van der Waals surface area contributed by atoms with E-state index in [1.807, 2.05) is 24.3 Å². The van der Waals surface area contributed by atoms with Gasteiger partial charge in [-0.05, 0) is 24.8 Å². The van der Waals surface area contributed by atoms with Crippen LogP contribution in [0.3, 0.4) is 0 Å². The van der Waals surface area contributed by atoms with Gasteiger partial charge in [-0.2, -0.15) is 5.26 Å². The maximum Gasteiger partial charge on any atom is 0.263 e. The van der Waals surface area contributed by atoms with Crippen molar-refractivity contribution in [2.45, 2.75) is 19.3 Å². The molecule has 1 aliphatic rings. The Labute approximate surface area is 155 Å². The second-order valence-electron chi connectivity index (χ2n) is 6.28. The van der Waals surface area contributed by atoms with E-state index in [2.05, 4.69) is 27.7 Å². The van der Waals surface area contributed by atoms with Crippen LogP contribution in [0.1, 0.15) is 18.4 Å². The number of nitrogens with one attached hydrogen (secondary N) is 2. The van der Waals surface area contributed by atoms with Gasteiger partial charge in [0.15, 0.2) is 0 Å². The summed E-state index contributed by atoms with van der Waals surface area (Å²) in [5.74, 6) is -0.322. The topological polar surface area (TPSA) is 77.4 Å². The van der Waals surface area contributed by atoms with Gasteiger partial charge in [-0.15, -0.1) is 0 Å². The monoisotopic (exact) mass is 356 g/mol. The standard InChI is InChI=1S/C20H28N4O2/c21-16-19(20(25)23-10-11-24-12-14-26-15-13-24)17-22-9-5-4-8-18-6-2-1-3-7-18/h1-3,6-7,17,22H,4-5,8-15H2,(H,23,25)/b19-17-. The minimum Gasteiger partial charge on any atom is -0.390 e. The summed E-state index contributed by atoms with van der Waals surface area (Å²) in [5, 5.41) is 15.0. The van der Waals surface area contributed by atoms with Gasteiger partial charge in [-0.1, -0.05) is 30.3 Å². The quantitative estimate of drug-likeness (QED) is 0.377. The number of nitriles is 1. The van der Waals surface area contributed by atoms with Crippen molar-refractivity contribution in [3.8, 4) is 6.07 Å². The number of benzene rings is 1. The van der Waals surface area contributed by atoms with E-state index < -0.39 is 0 Å². The molecule has 1 aromatic rings. The first-order chi connectivity index (χ1) is 12.8. The van der Waals surface area contributed by atoms with E-state index in [0.29, 0.717) is 6.54 Å². The highest BCUT2D eigenvalue weighted by Gasteiger charge is 2.12. The number of carbonyl (C=O) groups excluding carboxylic acids is 1. The summed E-state index contributed by atoms with van der Waals surface area (Å²) in [5.41, 5.74) is 1.45. The van der Waals surface area contributed by atoms with E-state index >= 15 is 0 Å². The zero-order valence-corrected chi connectivity index (χ0v) is 15.2. The van der Waals surface area contributed by atoms with Gasteiger partial charge in [0.1, 0.15) is 11.6 Å². The molecule has 0 bridgehead atoms. The van der Waals surface area contributed by atoms with Crippen LogP contribution in [0, 0.1) is 11.3 Å². The largest absolute Gasteiger partial charge is 0.390 e. The van der Waals surface area contributed by atoms with Gasteiger partial charge in [-0.3, -0.25) is 9.69 Å². The smallest absolute Gasteiger partial charge is 0.263 e.